The molecule has 0 atom stereocenters. The Morgan fingerprint density at radius 1 is 1.29 bits per heavy atom. The number of hydrogen-bond acceptors (Lipinski definition) is 5. The van der Waals surface area contributed by atoms with Crippen LogP contribution in [0, 0.1) is 5.82 Å². The predicted octanol–water partition coefficient (Wildman–Crippen LogP) is 4.60. The molecule has 0 bridgehead atoms. The third-order valence-corrected chi connectivity index (χ3v) is 4.50. The third-order valence-electron chi connectivity index (χ3n) is 3.36. The molecule has 0 unspecified atom stereocenters. The standard InChI is InChI=1S/C17H12ClF3N4O2S/c18-11-7-9(5-6-13(11)27-16(20)21)22-14(26)8-28-17-23-15(24-25-17)10-3-1-2-4-12(10)19/h1-7,16H,8H2,(H,22,26)(H,23,24,25). The molecule has 0 aliphatic carbocycles. The summed E-state index contributed by atoms with van der Waals surface area (Å²) in [5, 5.41) is 9.33. The van der Waals surface area contributed by atoms with Crippen LogP contribution in [-0.4, -0.2) is 33.5 Å². The second kappa shape index (κ2) is 8.98. The number of ether oxygens (including phenoxy) is 1. The van der Waals surface area contributed by atoms with Gasteiger partial charge in [-0.15, -0.1) is 5.10 Å². The Labute approximate surface area is 166 Å². The zero-order valence-electron chi connectivity index (χ0n) is 14.0. The molecule has 1 heterocycles. The Bertz CT molecular complexity index is 987. The quantitative estimate of drug-likeness (QED) is 0.538. The van der Waals surface area contributed by atoms with Gasteiger partial charge < -0.3 is 10.1 Å². The number of anilines is 1. The van der Waals surface area contributed by atoms with Gasteiger partial charge in [-0.3, -0.25) is 9.89 Å². The van der Waals surface area contributed by atoms with Crippen molar-refractivity contribution in [1.82, 2.24) is 15.2 Å². The molecule has 28 heavy (non-hydrogen) atoms. The first-order valence-electron chi connectivity index (χ1n) is 7.76. The molecule has 6 nitrogen and oxygen atoms in total. The van der Waals surface area contributed by atoms with Gasteiger partial charge in [0, 0.05) is 5.69 Å². The molecular weight excluding hydrogens is 417 g/mol. The number of halogens is 4. The van der Waals surface area contributed by atoms with Gasteiger partial charge >= 0.3 is 6.61 Å². The van der Waals surface area contributed by atoms with E-state index in [2.05, 4.69) is 25.2 Å². The number of alkyl halides is 2. The van der Waals surface area contributed by atoms with Gasteiger partial charge in [0.15, 0.2) is 5.82 Å². The van der Waals surface area contributed by atoms with Gasteiger partial charge in [0.05, 0.1) is 16.3 Å². The largest absolute Gasteiger partial charge is 0.433 e. The van der Waals surface area contributed by atoms with E-state index in [1.54, 1.807) is 18.2 Å². The molecule has 3 aromatic rings. The van der Waals surface area contributed by atoms with Crippen LogP contribution < -0.4 is 10.1 Å². The molecule has 2 N–H and O–H groups in total. The average molecular weight is 429 g/mol. The first-order valence-corrected chi connectivity index (χ1v) is 9.13. The number of hydrogen-bond donors (Lipinski definition) is 2. The second-order valence-electron chi connectivity index (χ2n) is 5.31. The monoisotopic (exact) mass is 428 g/mol. The molecule has 0 aliphatic rings. The fraction of sp³-hybridized carbons (Fsp3) is 0.118. The highest BCUT2D eigenvalue weighted by atomic mass is 35.5. The summed E-state index contributed by atoms with van der Waals surface area (Å²) in [6, 6.07) is 10.0. The summed E-state index contributed by atoms with van der Waals surface area (Å²) >= 11 is 6.87. The molecule has 1 amide bonds. The molecule has 0 spiro atoms. The van der Waals surface area contributed by atoms with Crippen LogP contribution in [0.3, 0.4) is 0 Å². The topological polar surface area (TPSA) is 79.9 Å². The summed E-state index contributed by atoms with van der Waals surface area (Å²) < 4.78 is 42.4. The van der Waals surface area contributed by atoms with Gasteiger partial charge in [-0.2, -0.15) is 8.78 Å². The maximum Gasteiger partial charge on any atom is 0.387 e. The maximum atomic E-state index is 13.8. The lowest BCUT2D eigenvalue weighted by Gasteiger charge is -2.09. The first-order chi connectivity index (χ1) is 13.4. The van der Waals surface area contributed by atoms with Crippen molar-refractivity contribution in [2.24, 2.45) is 0 Å². The molecule has 1 aromatic heterocycles. The Kier molecular flexibility index (Phi) is 6.42. The predicted molar refractivity (Wildman–Crippen MR) is 99.2 cm³/mol. The van der Waals surface area contributed by atoms with E-state index in [0.29, 0.717) is 5.69 Å². The molecule has 11 heteroatoms. The number of rotatable bonds is 7. The van der Waals surface area contributed by atoms with Crippen molar-refractivity contribution in [1.29, 1.82) is 0 Å². The Morgan fingerprint density at radius 3 is 2.79 bits per heavy atom. The lowest BCUT2D eigenvalue weighted by Crippen LogP contribution is -2.14. The van der Waals surface area contributed by atoms with Crippen molar-refractivity contribution in [3.05, 3.63) is 53.3 Å². The number of aromatic nitrogens is 3. The van der Waals surface area contributed by atoms with Crippen LogP contribution in [0.15, 0.2) is 47.6 Å². The number of benzene rings is 2. The van der Waals surface area contributed by atoms with E-state index in [0.717, 1.165) is 11.8 Å². The van der Waals surface area contributed by atoms with Gasteiger partial charge in [0.2, 0.25) is 11.1 Å². The smallest absolute Gasteiger partial charge is 0.387 e. The number of carbonyl (C=O) groups excluding carboxylic acids is 1. The number of thioether (sulfide) groups is 1. The minimum Gasteiger partial charge on any atom is -0.433 e. The fourth-order valence-electron chi connectivity index (χ4n) is 2.18. The minimum atomic E-state index is -3.00. The van der Waals surface area contributed by atoms with E-state index >= 15 is 0 Å². The van der Waals surface area contributed by atoms with Crippen LogP contribution in [0.5, 0.6) is 5.75 Å². The van der Waals surface area contributed by atoms with E-state index in [-0.39, 0.29) is 39.0 Å². The van der Waals surface area contributed by atoms with Crippen LogP contribution in [0.2, 0.25) is 5.02 Å². The molecule has 3 rings (SSSR count). The number of nitrogens with one attached hydrogen (secondary N) is 2. The van der Waals surface area contributed by atoms with E-state index in [1.165, 1.54) is 24.3 Å². The van der Waals surface area contributed by atoms with Gasteiger partial charge in [-0.1, -0.05) is 35.5 Å². The van der Waals surface area contributed by atoms with Gasteiger partial charge in [-0.25, -0.2) is 9.37 Å². The van der Waals surface area contributed by atoms with Gasteiger partial charge in [-0.05, 0) is 30.3 Å². The maximum absolute atomic E-state index is 13.8. The number of H-pyrrole nitrogens is 1. The highest BCUT2D eigenvalue weighted by Gasteiger charge is 2.13. The van der Waals surface area contributed by atoms with Crippen LogP contribution >= 0.6 is 23.4 Å². The molecule has 0 aliphatic heterocycles. The summed E-state index contributed by atoms with van der Waals surface area (Å²) in [7, 11) is 0. The Balaban J connectivity index is 1.56. The van der Waals surface area contributed by atoms with Crippen LogP contribution in [0.25, 0.3) is 11.4 Å². The number of carbonyl (C=O) groups is 1. The van der Waals surface area contributed by atoms with E-state index < -0.39 is 12.4 Å². The molecule has 0 fully saturated rings. The molecule has 0 radical (unpaired) electrons. The van der Waals surface area contributed by atoms with Crippen molar-refractivity contribution in [2.45, 2.75) is 11.8 Å². The molecule has 146 valence electrons. The average Bonchev–Trinajstić information content (AvgIpc) is 3.11. The molecule has 0 saturated carbocycles. The normalized spacial score (nSPS) is 10.9. The first kappa shape index (κ1) is 20.0. The summed E-state index contributed by atoms with van der Waals surface area (Å²) in [5.41, 5.74) is 0.589. The third kappa shape index (κ3) is 5.17. The van der Waals surface area contributed by atoms with Crippen molar-refractivity contribution in [3.63, 3.8) is 0 Å². The highest BCUT2D eigenvalue weighted by molar-refractivity contribution is 7.99. The molecule has 2 aromatic carbocycles. The van der Waals surface area contributed by atoms with Gasteiger partial charge in [0.25, 0.3) is 0 Å². The molecule has 0 saturated heterocycles. The second-order valence-corrected chi connectivity index (χ2v) is 6.66. The zero-order chi connectivity index (χ0) is 20.1. The summed E-state index contributed by atoms with van der Waals surface area (Å²) in [5.74, 6) is -0.792. The zero-order valence-corrected chi connectivity index (χ0v) is 15.5. The lowest BCUT2D eigenvalue weighted by molar-refractivity contribution is -0.113. The summed E-state index contributed by atoms with van der Waals surface area (Å²) in [4.78, 5) is 16.2. The van der Waals surface area contributed by atoms with Crippen molar-refractivity contribution < 1.29 is 22.7 Å². The fourth-order valence-corrected chi connectivity index (χ4v) is 3.01. The Hall–Kier alpha value is -2.72. The van der Waals surface area contributed by atoms with E-state index in [9.17, 15) is 18.0 Å². The summed E-state index contributed by atoms with van der Waals surface area (Å²) in [6.45, 7) is -3.00. The lowest BCUT2D eigenvalue weighted by atomic mass is 10.2. The minimum absolute atomic E-state index is 0.0263. The Morgan fingerprint density at radius 2 is 2.07 bits per heavy atom. The van der Waals surface area contributed by atoms with Crippen molar-refractivity contribution in [3.8, 4) is 17.1 Å². The number of aromatic amines is 1. The van der Waals surface area contributed by atoms with Crippen LogP contribution in [0.1, 0.15) is 0 Å². The molecular formula is C17H12ClF3N4O2S. The van der Waals surface area contributed by atoms with Crippen molar-refractivity contribution in [2.75, 3.05) is 11.1 Å². The van der Waals surface area contributed by atoms with Crippen LogP contribution in [0.4, 0.5) is 18.9 Å². The van der Waals surface area contributed by atoms with Crippen LogP contribution in [-0.2, 0) is 4.79 Å². The van der Waals surface area contributed by atoms with E-state index in [1.807, 2.05) is 0 Å². The number of nitrogens with zero attached hydrogens (tertiary/aromatic N) is 2. The highest BCUT2D eigenvalue weighted by Crippen LogP contribution is 2.29. The van der Waals surface area contributed by atoms with Crippen molar-refractivity contribution >= 4 is 35.0 Å². The summed E-state index contributed by atoms with van der Waals surface area (Å²) in [6.07, 6.45) is 0. The van der Waals surface area contributed by atoms with Gasteiger partial charge in [0.1, 0.15) is 11.6 Å². The van der Waals surface area contributed by atoms with E-state index in [4.69, 9.17) is 11.6 Å². The number of amides is 1. The SMILES string of the molecule is O=C(CSc1n[nH]c(-c2ccccc2F)n1)Nc1ccc(OC(F)F)c(Cl)c1.